The monoisotopic (exact) mass is 391 g/mol. The van der Waals surface area contributed by atoms with E-state index < -0.39 is 0 Å². The molecule has 134 valence electrons. The van der Waals surface area contributed by atoms with E-state index in [9.17, 15) is 0 Å². The number of thioether (sulfide) groups is 1. The number of nitrogens with one attached hydrogen (secondary N) is 1. The van der Waals surface area contributed by atoms with Gasteiger partial charge < -0.3 is 10.1 Å². The molecule has 0 unspecified atom stereocenters. The molecule has 0 bridgehead atoms. The van der Waals surface area contributed by atoms with E-state index >= 15 is 0 Å². The molecule has 0 aliphatic rings. The molecule has 1 N–H and O–H groups in total. The number of para-hydroxylation sites is 2. The molecule has 6 heteroatoms. The maximum atomic E-state index is 5.90. The summed E-state index contributed by atoms with van der Waals surface area (Å²) in [4.78, 5) is 0. The van der Waals surface area contributed by atoms with E-state index in [2.05, 4.69) is 27.6 Å². The van der Waals surface area contributed by atoms with Crippen molar-refractivity contribution in [3.05, 3.63) is 90.5 Å². The predicted molar refractivity (Wildman–Crippen MR) is 112 cm³/mol. The summed E-state index contributed by atoms with van der Waals surface area (Å²) in [5.41, 5.74) is 2.19. The topological polar surface area (TPSA) is 47.0 Å². The smallest absolute Gasteiger partial charge is 0.210 e. The summed E-state index contributed by atoms with van der Waals surface area (Å²) in [7, 11) is 0. The molecule has 0 radical (unpaired) electrons. The fourth-order valence-corrected chi connectivity index (χ4v) is 4.15. The van der Waals surface area contributed by atoms with Gasteiger partial charge in [-0.05, 0) is 42.0 Å². The van der Waals surface area contributed by atoms with E-state index in [0.29, 0.717) is 0 Å². The van der Waals surface area contributed by atoms with Crippen LogP contribution < -0.4 is 10.1 Å². The molecule has 4 aromatic rings. The fourth-order valence-electron chi connectivity index (χ4n) is 2.43. The average Bonchev–Trinajstić information content (AvgIpc) is 3.16. The molecule has 0 spiro atoms. The highest BCUT2D eigenvalue weighted by Crippen LogP contribution is 2.31. The Kier molecular flexibility index (Phi) is 5.67. The van der Waals surface area contributed by atoms with Gasteiger partial charge in [-0.1, -0.05) is 71.6 Å². The molecule has 0 aliphatic carbocycles. The first kappa shape index (κ1) is 17.6. The summed E-state index contributed by atoms with van der Waals surface area (Å²) in [5, 5.41) is 12.5. The number of rotatable bonds is 7. The fraction of sp³-hybridized carbons (Fsp3) is 0.0476. The van der Waals surface area contributed by atoms with E-state index in [1.807, 2.05) is 72.8 Å². The third kappa shape index (κ3) is 5.09. The van der Waals surface area contributed by atoms with Crippen molar-refractivity contribution in [3.8, 4) is 11.5 Å². The number of hydrogen-bond donors (Lipinski definition) is 1. The van der Waals surface area contributed by atoms with Crippen molar-refractivity contribution < 1.29 is 4.74 Å². The minimum absolute atomic E-state index is 0.796. The summed E-state index contributed by atoms with van der Waals surface area (Å²) < 4.78 is 6.83. The van der Waals surface area contributed by atoms with Crippen LogP contribution in [0.2, 0.25) is 0 Å². The molecule has 0 fully saturated rings. The zero-order chi connectivity index (χ0) is 18.3. The summed E-state index contributed by atoms with van der Waals surface area (Å²) >= 11 is 3.22. The van der Waals surface area contributed by atoms with Gasteiger partial charge in [0.25, 0.3) is 0 Å². The Morgan fingerprint density at radius 2 is 1.56 bits per heavy atom. The van der Waals surface area contributed by atoms with Gasteiger partial charge in [0.15, 0.2) is 4.34 Å². The van der Waals surface area contributed by atoms with Crippen LogP contribution in [0.3, 0.4) is 0 Å². The lowest BCUT2D eigenvalue weighted by atomic mass is 10.2. The van der Waals surface area contributed by atoms with Gasteiger partial charge in [0.2, 0.25) is 5.13 Å². The second-order valence-corrected chi connectivity index (χ2v) is 7.92. The van der Waals surface area contributed by atoms with Crippen molar-refractivity contribution in [1.82, 2.24) is 10.2 Å². The highest BCUT2D eigenvalue weighted by Gasteiger charge is 2.06. The van der Waals surface area contributed by atoms with E-state index in [1.165, 1.54) is 5.56 Å². The first-order chi connectivity index (χ1) is 13.3. The Balaban J connectivity index is 1.36. The third-order valence-electron chi connectivity index (χ3n) is 3.67. The molecule has 0 amide bonds. The van der Waals surface area contributed by atoms with Gasteiger partial charge in [0.1, 0.15) is 11.5 Å². The Bertz CT molecular complexity index is 991. The number of aromatic nitrogens is 2. The molecule has 0 saturated heterocycles. The minimum Gasteiger partial charge on any atom is -0.457 e. The molecule has 4 rings (SSSR count). The normalized spacial score (nSPS) is 10.5. The lowest BCUT2D eigenvalue weighted by Gasteiger charge is -2.07. The number of ether oxygens (including phenoxy) is 1. The Morgan fingerprint density at radius 1 is 0.815 bits per heavy atom. The third-order valence-corrected chi connectivity index (χ3v) is 5.71. The highest BCUT2D eigenvalue weighted by molar-refractivity contribution is 8.00. The van der Waals surface area contributed by atoms with Crippen LogP contribution in [-0.2, 0) is 5.75 Å². The van der Waals surface area contributed by atoms with Crippen LogP contribution in [0.5, 0.6) is 11.5 Å². The summed E-state index contributed by atoms with van der Waals surface area (Å²) in [6.07, 6.45) is 0. The van der Waals surface area contributed by atoms with Crippen LogP contribution in [0, 0.1) is 0 Å². The molecule has 1 aromatic heterocycles. The molecule has 0 saturated carbocycles. The number of hydrogen-bond acceptors (Lipinski definition) is 6. The van der Waals surface area contributed by atoms with E-state index in [0.717, 1.165) is 32.4 Å². The molecule has 1 heterocycles. The van der Waals surface area contributed by atoms with E-state index in [1.54, 1.807) is 23.1 Å². The van der Waals surface area contributed by atoms with Crippen molar-refractivity contribution in [1.29, 1.82) is 0 Å². The van der Waals surface area contributed by atoms with Gasteiger partial charge in [-0.25, -0.2) is 0 Å². The zero-order valence-corrected chi connectivity index (χ0v) is 16.0. The molecular formula is C21H17N3OS2. The highest BCUT2D eigenvalue weighted by atomic mass is 32.2. The predicted octanol–water partition coefficient (Wildman–Crippen LogP) is 6.37. The first-order valence-corrected chi connectivity index (χ1v) is 10.3. The van der Waals surface area contributed by atoms with Crippen molar-refractivity contribution in [2.45, 2.75) is 10.1 Å². The molecule has 0 aliphatic heterocycles. The van der Waals surface area contributed by atoms with E-state index in [4.69, 9.17) is 4.74 Å². The first-order valence-electron chi connectivity index (χ1n) is 8.45. The van der Waals surface area contributed by atoms with Gasteiger partial charge in [0.05, 0.1) is 0 Å². The lowest BCUT2D eigenvalue weighted by Crippen LogP contribution is -1.87. The largest absolute Gasteiger partial charge is 0.457 e. The van der Waals surface area contributed by atoms with Crippen LogP contribution in [-0.4, -0.2) is 10.2 Å². The molecular weight excluding hydrogens is 374 g/mol. The Morgan fingerprint density at radius 3 is 2.37 bits per heavy atom. The molecule has 0 atom stereocenters. The standard InChI is InChI=1S/C21H17N3OS2/c1-3-9-17(10-4-1)22-20-23-24-21(27-20)26-15-16-8-7-13-19(14-16)25-18-11-5-2-6-12-18/h1-14H,15H2,(H,22,23). The van der Waals surface area contributed by atoms with Crippen molar-refractivity contribution in [2.24, 2.45) is 0 Å². The Hall–Kier alpha value is -2.83. The second-order valence-electron chi connectivity index (χ2n) is 5.72. The van der Waals surface area contributed by atoms with Crippen LogP contribution in [0.4, 0.5) is 10.8 Å². The van der Waals surface area contributed by atoms with Gasteiger partial charge in [-0.2, -0.15) is 0 Å². The van der Waals surface area contributed by atoms with Crippen molar-refractivity contribution >= 4 is 33.9 Å². The maximum Gasteiger partial charge on any atom is 0.210 e. The Labute approximate surface area is 166 Å². The molecule has 27 heavy (non-hydrogen) atoms. The molecule has 3 aromatic carbocycles. The summed E-state index contributed by atoms with van der Waals surface area (Å²) in [5.74, 6) is 2.48. The number of nitrogens with zero attached hydrogens (tertiary/aromatic N) is 2. The van der Waals surface area contributed by atoms with Crippen molar-refractivity contribution in [2.75, 3.05) is 5.32 Å². The molecule has 4 nitrogen and oxygen atoms in total. The van der Waals surface area contributed by atoms with Gasteiger partial charge in [-0.3, -0.25) is 0 Å². The van der Waals surface area contributed by atoms with Crippen LogP contribution in [0.25, 0.3) is 0 Å². The van der Waals surface area contributed by atoms with Gasteiger partial charge >= 0.3 is 0 Å². The lowest BCUT2D eigenvalue weighted by molar-refractivity contribution is 0.482. The zero-order valence-electron chi connectivity index (χ0n) is 14.4. The van der Waals surface area contributed by atoms with Crippen LogP contribution >= 0.6 is 23.1 Å². The number of benzene rings is 3. The number of anilines is 2. The van der Waals surface area contributed by atoms with Gasteiger partial charge in [0, 0.05) is 11.4 Å². The van der Waals surface area contributed by atoms with Crippen LogP contribution in [0.15, 0.2) is 89.3 Å². The van der Waals surface area contributed by atoms with Crippen molar-refractivity contribution in [3.63, 3.8) is 0 Å². The SMILES string of the molecule is c1ccc(Nc2nnc(SCc3cccc(Oc4ccccc4)c3)s2)cc1. The summed E-state index contributed by atoms with van der Waals surface area (Å²) in [6, 6.07) is 27.9. The average molecular weight is 392 g/mol. The van der Waals surface area contributed by atoms with Crippen LogP contribution in [0.1, 0.15) is 5.56 Å². The maximum absolute atomic E-state index is 5.90. The van der Waals surface area contributed by atoms with Gasteiger partial charge in [-0.15, -0.1) is 10.2 Å². The van der Waals surface area contributed by atoms with E-state index in [-0.39, 0.29) is 0 Å². The quantitative estimate of drug-likeness (QED) is 0.371. The second kappa shape index (κ2) is 8.70. The minimum atomic E-state index is 0.796. The summed E-state index contributed by atoms with van der Waals surface area (Å²) in [6.45, 7) is 0.